The van der Waals surface area contributed by atoms with Gasteiger partial charge in [-0.2, -0.15) is 0 Å². The van der Waals surface area contributed by atoms with Crippen LogP contribution in [0.15, 0.2) is 48.5 Å². The van der Waals surface area contributed by atoms with Gasteiger partial charge in [0.2, 0.25) is 5.12 Å². The molecule has 2 aliphatic heterocycles. The van der Waals surface area contributed by atoms with Crippen molar-refractivity contribution in [1.82, 2.24) is 5.32 Å². The molecule has 6 nitrogen and oxygen atoms in total. The van der Waals surface area contributed by atoms with Gasteiger partial charge in [-0.15, -0.1) is 12.4 Å². The predicted octanol–water partition coefficient (Wildman–Crippen LogP) is 5.07. The Hall–Kier alpha value is -2.64. The molecule has 4 rings (SSSR count). The van der Waals surface area contributed by atoms with Gasteiger partial charge in [-0.25, -0.2) is 0 Å². The second-order valence-electron chi connectivity index (χ2n) is 8.20. The Balaban J connectivity index is 0.00000289. The van der Waals surface area contributed by atoms with E-state index in [1.165, 1.54) is 0 Å². The van der Waals surface area contributed by atoms with Gasteiger partial charge in [0.05, 0.1) is 12.1 Å². The third-order valence-electron chi connectivity index (χ3n) is 5.17. The van der Waals surface area contributed by atoms with Crippen LogP contribution in [0.2, 0.25) is 0 Å². The molecule has 1 unspecified atom stereocenters. The second-order valence-corrected chi connectivity index (χ2v) is 9.18. The van der Waals surface area contributed by atoms with E-state index in [4.69, 9.17) is 9.47 Å². The van der Waals surface area contributed by atoms with E-state index in [0.717, 1.165) is 45.6 Å². The van der Waals surface area contributed by atoms with Crippen molar-refractivity contribution < 1.29 is 19.1 Å². The van der Waals surface area contributed by atoms with Gasteiger partial charge in [-0.3, -0.25) is 9.59 Å². The van der Waals surface area contributed by atoms with Gasteiger partial charge >= 0.3 is 0 Å². The van der Waals surface area contributed by atoms with Crippen LogP contribution < -0.4 is 20.1 Å². The summed E-state index contributed by atoms with van der Waals surface area (Å²) in [6.45, 7) is 7.28. The molecule has 32 heavy (non-hydrogen) atoms. The first-order valence-corrected chi connectivity index (χ1v) is 11.2. The fourth-order valence-electron chi connectivity index (χ4n) is 3.82. The summed E-state index contributed by atoms with van der Waals surface area (Å²) in [5.74, 6) is 1.59. The minimum Gasteiger partial charge on any atom is -0.494 e. The molecule has 0 aromatic heterocycles. The molecule has 0 radical (unpaired) electrons. The van der Waals surface area contributed by atoms with E-state index in [9.17, 15) is 9.59 Å². The van der Waals surface area contributed by atoms with E-state index in [1.807, 2.05) is 49.4 Å². The van der Waals surface area contributed by atoms with E-state index in [1.54, 1.807) is 0 Å². The molecule has 0 bridgehead atoms. The van der Waals surface area contributed by atoms with Gasteiger partial charge in [0, 0.05) is 29.4 Å². The van der Waals surface area contributed by atoms with E-state index in [0.29, 0.717) is 19.6 Å². The summed E-state index contributed by atoms with van der Waals surface area (Å²) in [4.78, 5) is 23.1. The van der Waals surface area contributed by atoms with E-state index < -0.39 is 6.04 Å². The van der Waals surface area contributed by atoms with Gasteiger partial charge in [-0.05, 0) is 62.2 Å². The number of hydrogen-bond acceptors (Lipinski definition) is 6. The number of benzene rings is 2. The maximum Gasteiger partial charge on any atom is 0.287 e. The minimum atomic E-state index is -0.456. The molecular weight excluding hydrogens is 448 g/mol. The molecule has 1 amide bonds. The van der Waals surface area contributed by atoms with Gasteiger partial charge in [0.1, 0.15) is 24.1 Å². The number of ether oxygens (including phenoxy) is 2. The molecule has 2 N–H and O–H groups in total. The van der Waals surface area contributed by atoms with Crippen molar-refractivity contribution >= 4 is 45.8 Å². The Bertz CT molecular complexity index is 1040. The van der Waals surface area contributed by atoms with E-state index >= 15 is 0 Å². The van der Waals surface area contributed by atoms with Crippen LogP contribution in [0.3, 0.4) is 0 Å². The SMILES string of the molecule is CCOc1ccc2c(c1)C(COc1ccc(CC3NC(=O)SC3=O)cc1)=CC(C)(C)N2.Cl. The highest BCUT2D eigenvalue weighted by Gasteiger charge is 2.31. The zero-order valence-corrected chi connectivity index (χ0v) is 19.9. The van der Waals surface area contributed by atoms with E-state index in [-0.39, 0.29) is 28.3 Å². The molecule has 0 saturated carbocycles. The number of nitrogens with one attached hydrogen (secondary N) is 2. The molecule has 2 heterocycles. The van der Waals surface area contributed by atoms with Crippen LogP contribution in [-0.4, -0.2) is 35.1 Å². The lowest BCUT2D eigenvalue weighted by Crippen LogP contribution is -2.32. The average molecular weight is 475 g/mol. The number of thioether (sulfide) groups is 1. The number of amides is 1. The van der Waals surface area contributed by atoms with E-state index in [2.05, 4.69) is 30.6 Å². The fourth-order valence-corrected chi connectivity index (χ4v) is 4.48. The minimum absolute atomic E-state index is 0. The van der Waals surface area contributed by atoms with Gasteiger partial charge in [0.25, 0.3) is 5.24 Å². The number of carbonyl (C=O) groups excluding carboxylic acids is 2. The lowest BCUT2D eigenvalue weighted by atomic mass is 9.90. The zero-order chi connectivity index (χ0) is 22.0. The Morgan fingerprint density at radius 1 is 1.03 bits per heavy atom. The number of hydrogen-bond donors (Lipinski definition) is 2. The first kappa shape index (κ1) is 24.0. The van der Waals surface area contributed by atoms with Gasteiger partial charge in [0.15, 0.2) is 0 Å². The summed E-state index contributed by atoms with van der Waals surface area (Å²) in [7, 11) is 0. The molecule has 2 aromatic carbocycles. The summed E-state index contributed by atoms with van der Waals surface area (Å²) < 4.78 is 11.8. The molecule has 0 aliphatic carbocycles. The van der Waals surface area contributed by atoms with Crippen LogP contribution in [-0.2, 0) is 11.2 Å². The third kappa shape index (κ3) is 5.58. The molecule has 1 saturated heterocycles. The quantitative estimate of drug-likeness (QED) is 0.583. The molecule has 1 atom stereocenters. The van der Waals surface area contributed by atoms with Crippen LogP contribution in [0.25, 0.3) is 5.57 Å². The highest BCUT2D eigenvalue weighted by molar-refractivity contribution is 8.26. The summed E-state index contributed by atoms with van der Waals surface area (Å²) >= 11 is 0.739. The van der Waals surface area contributed by atoms with Crippen LogP contribution >= 0.6 is 24.2 Å². The summed E-state index contributed by atoms with van der Waals surface area (Å²) in [6.07, 6.45) is 2.67. The lowest BCUT2D eigenvalue weighted by molar-refractivity contribution is -0.112. The normalized spacial score (nSPS) is 18.6. The first-order valence-electron chi connectivity index (χ1n) is 10.3. The largest absolute Gasteiger partial charge is 0.494 e. The van der Waals surface area contributed by atoms with Crippen molar-refractivity contribution in [1.29, 1.82) is 0 Å². The van der Waals surface area contributed by atoms with Gasteiger partial charge < -0.3 is 20.1 Å². The molecular formula is C24H27ClN2O4S. The lowest BCUT2D eigenvalue weighted by Gasteiger charge is -2.32. The Morgan fingerprint density at radius 2 is 1.75 bits per heavy atom. The van der Waals surface area contributed by atoms with Crippen LogP contribution in [0.1, 0.15) is 31.9 Å². The van der Waals surface area contributed by atoms with Crippen molar-refractivity contribution in [3.8, 4) is 11.5 Å². The molecule has 2 aromatic rings. The maximum absolute atomic E-state index is 11.8. The Morgan fingerprint density at radius 3 is 2.41 bits per heavy atom. The summed E-state index contributed by atoms with van der Waals surface area (Å²) in [6, 6.07) is 13.3. The van der Waals surface area contributed by atoms with Crippen molar-refractivity contribution in [2.75, 3.05) is 18.5 Å². The van der Waals surface area contributed by atoms with Crippen molar-refractivity contribution in [3.05, 3.63) is 59.7 Å². The van der Waals surface area contributed by atoms with Crippen molar-refractivity contribution in [3.63, 3.8) is 0 Å². The standard InChI is InChI=1S/C24H26N2O4S.ClH/c1-4-29-18-9-10-20-19(12-18)16(13-24(2,3)26-20)14-30-17-7-5-15(6-8-17)11-21-22(27)31-23(28)25-21;/h5-10,12-13,21,26H,4,11,14H2,1-3H3,(H,25,28);1H. The number of carbonyl (C=O) groups is 2. The molecule has 8 heteroatoms. The Kier molecular flexibility index (Phi) is 7.41. The predicted molar refractivity (Wildman–Crippen MR) is 131 cm³/mol. The summed E-state index contributed by atoms with van der Waals surface area (Å²) in [5, 5.41) is 5.81. The average Bonchev–Trinajstić information content (AvgIpc) is 3.04. The summed E-state index contributed by atoms with van der Waals surface area (Å²) in [5.41, 5.74) is 4.03. The highest BCUT2D eigenvalue weighted by Crippen LogP contribution is 2.36. The van der Waals surface area contributed by atoms with Crippen LogP contribution in [0.4, 0.5) is 10.5 Å². The monoisotopic (exact) mass is 474 g/mol. The molecule has 170 valence electrons. The number of fused-ring (bicyclic) bond motifs is 1. The fraction of sp³-hybridized carbons (Fsp3) is 0.333. The highest BCUT2D eigenvalue weighted by atomic mass is 35.5. The molecule has 2 aliphatic rings. The molecule has 1 fully saturated rings. The van der Waals surface area contributed by atoms with Gasteiger partial charge in [-0.1, -0.05) is 18.2 Å². The first-order chi connectivity index (χ1) is 14.8. The van der Waals surface area contributed by atoms with Crippen LogP contribution in [0, 0.1) is 0 Å². The van der Waals surface area contributed by atoms with Crippen molar-refractivity contribution in [2.45, 2.75) is 38.8 Å². The zero-order valence-electron chi connectivity index (χ0n) is 18.3. The third-order valence-corrected chi connectivity index (χ3v) is 5.96. The Labute approximate surface area is 198 Å². The number of halogens is 1. The number of anilines is 1. The second kappa shape index (κ2) is 9.88. The van der Waals surface area contributed by atoms with Crippen LogP contribution in [0.5, 0.6) is 11.5 Å². The maximum atomic E-state index is 11.8. The smallest absolute Gasteiger partial charge is 0.287 e. The number of rotatable bonds is 7. The topological polar surface area (TPSA) is 76.7 Å². The molecule has 0 spiro atoms. The van der Waals surface area contributed by atoms with Crippen molar-refractivity contribution in [2.24, 2.45) is 0 Å².